The van der Waals surface area contributed by atoms with Crippen LogP contribution in [0, 0.1) is 0 Å². The summed E-state index contributed by atoms with van der Waals surface area (Å²) in [7, 11) is 0. The number of para-hydroxylation sites is 1. The maximum Gasteiger partial charge on any atom is 0.326 e. The van der Waals surface area contributed by atoms with Crippen molar-refractivity contribution in [2.45, 2.75) is 56.3 Å². The number of carboxylic acid groups (broad SMARTS) is 1. The summed E-state index contributed by atoms with van der Waals surface area (Å²) in [5.74, 6) is -2.88. The molecule has 39 heavy (non-hydrogen) atoms. The number of nitrogens with zero attached hydrogens (tertiary/aromatic N) is 2. The fourth-order valence-electron chi connectivity index (χ4n) is 4.60. The lowest BCUT2D eigenvalue weighted by Crippen LogP contribution is -2.58. The minimum Gasteiger partial charge on any atom is -0.480 e. The van der Waals surface area contributed by atoms with Gasteiger partial charge >= 0.3 is 5.97 Å². The molecule has 0 bridgehead atoms. The van der Waals surface area contributed by atoms with Crippen LogP contribution < -0.4 is 27.8 Å². The van der Waals surface area contributed by atoms with Gasteiger partial charge in [-0.2, -0.15) is 12.6 Å². The number of likely N-dealkylation sites (tertiary alicyclic amines) is 1. The van der Waals surface area contributed by atoms with Crippen molar-refractivity contribution in [1.29, 1.82) is 0 Å². The Morgan fingerprint density at radius 1 is 1.15 bits per heavy atom. The number of aromatic nitrogens is 1. The normalized spacial score (nSPS) is 17.3. The number of rotatable bonds is 13. The number of thiol groups is 1. The molecular weight excluding hydrogens is 524 g/mol. The maximum atomic E-state index is 13.6. The molecule has 4 atom stereocenters. The molecule has 0 spiro atoms. The summed E-state index contributed by atoms with van der Waals surface area (Å²) >= 11 is 4.21. The molecule has 1 aliphatic rings. The Bertz CT molecular complexity index is 1210. The average molecular weight is 561 g/mol. The molecule has 13 nitrogen and oxygen atoms in total. The largest absolute Gasteiger partial charge is 0.480 e. The quantitative estimate of drug-likeness (QED) is 0.0659. The lowest BCUT2D eigenvalue weighted by Gasteiger charge is -2.28. The number of guanidine groups is 1. The van der Waals surface area contributed by atoms with Crippen LogP contribution >= 0.6 is 12.6 Å². The van der Waals surface area contributed by atoms with E-state index in [0.29, 0.717) is 25.8 Å². The van der Waals surface area contributed by atoms with Crippen LogP contribution in [0.25, 0.3) is 10.9 Å². The fraction of sp³-hybridized carbons (Fsp3) is 0.480. The number of nitrogens with one attached hydrogen (secondary N) is 3. The van der Waals surface area contributed by atoms with Crippen LogP contribution in [0.2, 0.25) is 0 Å². The van der Waals surface area contributed by atoms with Gasteiger partial charge in [0, 0.05) is 42.4 Å². The molecule has 3 rings (SSSR count). The van der Waals surface area contributed by atoms with Crippen molar-refractivity contribution in [3.63, 3.8) is 0 Å². The van der Waals surface area contributed by atoms with Crippen molar-refractivity contribution >= 4 is 53.2 Å². The van der Waals surface area contributed by atoms with Crippen LogP contribution in [-0.2, 0) is 25.6 Å². The van der Waals surface area contributed by atoms with E-state index in [1.54, 1.807) is 6.20 Å². The Hall–Kier alpha value is -3.78. The Labute approximate surface area is 231 Å². The van der Waals surface area contributed by atoms with Gasteiger partial charge in [-0.3, -0.25) is 19.4 Å². The molecule has 0 aliphatic carbocycles. The van der Waals surface area contributed by atoms with E-state index in [0.717, 1.165) is 16.5 Å². The number of aliphatic imine (C=N–C) groups is 1. The molecular formula is C25H36N8O5S. The van der Waals surface area contributed by atoms with E-state index in [-0.39, 0.29) is 31.1 Å². The Kier molecular flexibility index (Phi) is 10.6. The molecule has 14 heteroatoms. The summed E-state index contributed by atoms with van der Waals surface area (Å²) in [6.07, 6.45) is 3.52. The van der Waals surface area contributed by atoms with E-state index >= 15 is 0 Å². The standard InChI is InChI=1S/C25H36N8O5S/c26-16(6-3-9-29-25(27)28)21(34)32-19(13-39)22(35)31-18(23(36)33-10-4-8-20(33)24(37)38)11-14-12-30-17-7-2-1-5-15(14)17/h1-2,5,7,12,16,18-20,30,39H,3-4,6,8-11,13,26H2,(H,31,35)(H,32,34)(H,37,38)(H4,27,28,29). The fourth-order valence-corrected chi connectivity index (χ4v) is 4.86. The van der Waals surface area contributed by atoms with E-state index in [4.69, 9.17) is 17.2 Å². The summed E-state index contributed by atoms with van der Waals surface area (Å²) in [6, 6.07) is 3.52. The average Bonchev–Trinajstić information content (AvgIpc) is 3.56. The smallest absolute Gasteiger partial charge is 0.326 e. The van der Waals surface area contributed by atoms with Crippen LogP contribution in [0.1, 0.15) is 31.2 Å². The Morgan fingerprint density at radius 3 is 2.56 bits per heavy atom. The summed E-state index contributed by atoms with van der Waals surface area (Å²) in [5.41, 5.74) is 18.2. The Balaban J connectivity index is 1.74. The number of H-pyrrole nitrogens is 1. The van der Waals surface area contributed by atoms with E-state index in [1.165, 1.54) is 4.90 Å². The third-order valence-corrected chi connectivity index (χ3v) is 7.02. The summed E-state index contributed by atoms with van der Waals surface area (Å²) in [4.78, 5) is 59.5. The highest BCUT2D eigenvalue weighted by atomic mass is 32.1. The first-order chi connectivity index (χ1) is 18.6. The van der Waals surface area contributed by atoms with Crippen molar-refractivity contribution in [1.82, 2.24) is 20.5 Å². The molecule has 3 amide bonds. The molecule has 10 N–H and O–H groups in total. The van der Waals surface area contributed by atoms with Crippen molar-refractivity contribution in [2.24, 2.45) is 22.2 Å². The minimum atomic E-state index is -1.09. The number of carbonyl (C=O) groups is 4. The number of aliphatic carboxylic acids is 1. The monoisotopic (exact) mass is 560 g/mol. The molecule has 4 unspecified atom stereocenters. The molecule has 212 valence electrons. The molecule has 1 aliphatic heterocycles. The summed E-state index contributed by atoms with van der Waals surface area (Å²) < 4.78 is 0. The number of carbonyl (C=O) groups excluding carboxylic acids is 3. The molecule has 1 aromatic heterocycles. The highest BCUT2D eigenvalue weighted by molar-refractivity contribution is 7.80. The zero-order valence-corrected chi connectivity index (χ0v) is 22.4. The molecule has 1 aromatic carbocycles. The zero-order valence-electron chi connectivity index (χ0n) is 21.5. The third-order valence-electron chi connectivity index (χ3n) is 6.65. The maximum absolute atomic E-state index is 13.6. The lowest BCUT2D eigenvalue weighted by molar-refractivity contribution is -0.149. The van der Waals surface area contributed by atoms with Gasteiger partial charge in [0.1, 0.15) is 18.1 Å². The van der Waals surface area contributed by atoms with Crippen LogP contribution in [0.5, 0.6) is 0 Å². The van der Waals surface area contributed by atoms with Crippen LogP contribution in [-0.4, -0.2) is 87.7 Å². The first kappa shape index (κ1) is 29.8. The van der Waals surface area contributed by atoms with Gasteiger partial charge in [0.05, 0.1) is 6.04 Å². The van der Waals surface area contributed by atoms with Crippen molar-refractivity contribution in [2.75, 3.05) is 18.8 Å². The number of fused-ring (bicyclic) bond motifs is 1. The second kappa shape index (κ2) is 13.8. The third kappa shape index (κ3) is 7.86. The van der Waals surface area contributed by atoms with Crippen molar-refractivity contribution < 1.29 is 24.3 Å². The van der Waals surface area contributed by atoms with E-state index in [2.05, 4.69) is 33.2 Å². The minimum absolute atomic E-state index is 0.0479. The molecule has 0 saturated carbocycles. The number of nitrogens with two attached hydrogens (primary N) is 3. The highest BCUT2D eigenvalue weighted by Crippen LogP contribution is 2.23. The highest BCUT2D eigenvalue weighted by Gasteiger charge is 2.38. The number of benzene rings is 1. The predicted molar refractivity (Wildman–Crippen MR) is 150 cm³/mol. The van der Waals surface area contributed by atoms with Gasteiger partial charge in [0.2, 0.25) is 17.7 Å². The number of hydrogen-bond acceptors (Lipinski definition) is 7. The van der Waals surface area contributed by atoms with Crippen molar-refractivity contribution in [3.05, 3.63) is 36.0 Å². The molecule has 1 fully saturated rings. The van der Waals surface area contributed by atoms with E-state index < -0.39 is 47.9 Å². The van der Waals surface area contributed by atoms with Gasteiger partial charge in [0.25, 0.3) is 0 Å². The van der Waals surface area contributed by atoms with E-state index in [1.807, 2.05) is 24.3 Å². The number of aromatic amines is 1. The van der Waals surface area contributed by atoms with Gasteiger partial charge in [-0.1, -0.05) is 18.2 Å². The number of amides is 3. The Morgan fingerprint density at radius 2 is 1.87 bits per heavy atom. The topological polar surface area (TPSA) is 222 Å². The second-order valence-electron chi connectivity index (χ2n) is 9.45. The molecule has 2 aromatic rings. The first-order valence-electron chi connectivity index (χ1n) is 12.7. The van der Waals surface area contributed by atoms with Crippen LogP contribution in [0.15, 0.2) is 35.5 Å². The SMILES string of the molecule is NC(N)=NCCCC(N)C(=O)NC(CS)C(=O)NC(Cc1c[nH]c2ccccc12)C(=O)N1CCCC1C(=O)O. The molecule has 1 saturated heterocycles. The first-order valence-corrected chi connectivity index (χ1v) is 13.4. The summed E-state index contributed by atoms with van der Waals surface area (Å²) in [6.45, 7) is 0.586. The predicted octanol–water partition coefficient (Wildman–Crippen LogP) is -0.934. The number of carboxylic acids is 1. The second-order valence-corrected chi connectivity index (χ2v) is 9.82. The van der Waals surface area contributed by atoms with E-state index in [9.17, 15) is 24.3 Å². The molecule has 0 radical (unpaired) electrons. The zero-order chi connectivity index (χ0) is 28.5. The van der Waals surface area contributed by atoms with Crippen LogP contribution in [0.3, 0.4) is 0 Å². The van der Waals surface area contributed by atoms with Gasteiger partial charge in [0.15, 0.2) is 5.96 Å². The molecule has 2 heterocycles. The van der Waals surface area contributed by atoms with Crippen molar-refractivity contribution in [3.8, 4) is 0 Å². The van der Waals surface area contributed by atoms with Gasteiger partial charge in [-0.05, 0) is 37.3 Å². The number of hydrogen-bond donors (Lipinski definition) is 8. The van der Waals surface area contributed by atoms with Crippen LogP contribution in [0.4, 0.5) is 0 Å². The van der Waals surface area contributed by atoms with Gasteiger partial charge in [-0.25, -0.2) is 4.79 Å². The van der Waals surface area contributed by atoms with Gasteiger partial charge in [-0.15, -0.1) is 0 Å². The lowest BCUT2D eigenvalue weighted by atomic mass is 10.0. The van der Waals surface area contributed by atoms with Gasteiger partial charge < -0.3 is 42.8 Å². The summed E-state index contributed by atoms with van der Waals surface area (Å²) in [5, 5.41) is 15.8.